The highest BCUT2D eigenvalue weighted by atomic mass is 32.1. The van der Waals surface area contributed by atoms with Crippen LogP contribution in [-0.2, 0) is 6.54 Å². The average Bonchev–Trinajstić information content (AvgIpc) is 3.30. The van der Waals surface area contributed by atoms with Crippen molar-refractivity contribution in [2.24, 2.45) is 0 Å². The van der Waals surface area contributed by atoms with E-state index in [2.05, 4.69) is 26.5 Å². The first-order valence-corrected chi connectivity index (χ1v) is 9.16. The Morgan fingerprint density at radius 1 is 1.27 bits per heavy atom. The number of thiophene rings is 1. The van der Waals surface area contributed by atoms with Crippen molar-refractivity contribution in [3.05, 3.63) is 56.4 Å². The van der Waals surface area contributed by atoms with Crippen LogP contribution in [0.4, 0.5) is 5.69 Å². The number of non-ortho nitro benzene ring substituents is 1. The molecule has 0 bridgehead atoms. The molecule has 1 saturated heterocycles. The smallest absolute Gasteiger partial charge is 0.275 e. The van der Waals surface area contributed by atoms with Crippen molar-refractivity contribution < 1.29 is 9.72 Å². The number of fused-ring (bicyclic) bond motifs is 1. The second-order valence-electron chi connectivity index (χ2n) is 6.21. The highest BCUT2D eigenvalue weighted by Gasteiger charge is 2.26. The monoisotopic (exact) mass is 371 g/mol. The van der Waals surface area contributed by atoms with Gasteiger partial charge in [0.2, 0.25) is 0 Å². The summed E-state index contributed by atoms with van der Waals surface area (Å²) in [6.07, 6.45) is 0. The summed E-state index contributed by atoms with van der Waals surface area (Å²) >= 11 is 1.74. The first-order chi connectivity index (χ1) is 12.6. The second kappa shape index (κ2) is 6.85. The SMILES string of the molecule is O=C(c1n[nH]c2ccc([N+](=O)[O-])cc12)N1CCN(Cc2cccs2)CC1. The Balaban J connectivity index is 1.47. The van der Waals surface area contributed by atoms with Crippen LogP contribution in [0.25, 0.3) is 10.9 Å². The maximum atomic E-state index is 12.8. The Morgan fingerprint density at radius 2 is 2.08 bits per heavy atom. The molecule has 0 radical (unpaired) electrons. The lowest BCUT2D eigenvalue weighted by Gasteiger charge is -2.34. The molecule has 1 N–H and O–H groups in total. The zero-order chi connectivity index (χ0) is 18.1. The highest BCUT2D eigenvalue weighted by molar-refractivity contribution is 7.09. The first-order valence-electron chi connectivity index (χ1n) is 8.28. The van der Waals surface area contributed by atoms with Crippen LogP contribution in [0.1, 0.15) is 15.4 Å². The number of rotatable bonds is 4. The molecule has 1 aromatic carbocycles. The zero-order valence-corrected chi connectivity index (χ0v) is 14.7. The van der Waals surface area contributed by atoms with E-state index < -0.39 is 4.92 Å². The number of carbonyl (C=O) groups excluding carboxylic acids is 1. The summed E-state index contributed by atoms with van der Waals surface area (Å²) in [5.41, 5.74) is 0.819. The van der Waals surface area contributed by atoms with Gasteiger partial charge in [-0.25, -0.2) is 0 Å². The fraction of sp³-hybridized carbons (Fsp3) is 0.294. The van der Waals surface area contributed by atoms with Crippen LogP contribution in [0.3, 0.4) is 0 Å². The molecule has 8 nitrogen and oxygen atoms in total. The summed E-state index contributed by atoms with van der Waals surface area (Å²) < 4.78 is 0. The van der Waals surface area contributed by atoms with Gasteiger partial charge in [-0.3, -0.25) is 24.9 Å². The highest BCUT2D eigenvalue weighted by Crippen LogP contribution is 2.23. The first kappa shape index (κ1) is 16.7. The Kier molecular flexibility index (Phi) is 4.39. The van der Waals surface area contributed by atoms with Gasteiger partial charge in [0.15, 0.2) is 5.69 Å². The van der Waals surface area contributed by atoms with E-state index in [4.69, 9.17) is 0 Å². The van der Waals surface area contributed by atoms with Gasteiger partial charge in [0.1, 0.15) is 0 Å². The molecule has 0 aliphatic carbocycles. The molecule has 3 heterocycles. The van der Waals surface area contributed by atoms with Crippen LogP contribution in [0, 0.1) is 10.1 Å². The number of nitrogens with zero attached hydrogens (tertiary/aromatic N) is 4. The predicted octanol–water partition coefficient (Wildman–Crippen LogP) is 2.49. The molecule has 26 heavy (non-hydrogen) atoms. The van der Waals surface area contributed by atoms with Gasteiger partial charge in [-0.2, -0.15) is 5.10 Å². The summed E-state index contributed by atoms with van der Waals surface area (Å²) in [6, 6.07) is 8.54. The van der Waals surface area contributed by atoms with Gasteiger partial charge >= 0.3 is 0 Å². The van der Waals surface area contributed by atoms with Crippen LogP contribution in [0.5, 0.6) is 0 Å². The fourth-order valence-electron chi connectivity index (χ4n) is 3.16. The number of amides is 1. The Bertz CT molecular complexity index is 945. The van der Waals surface area contributed by atoms with Crippen molar-refractivity contribution in [2.75, 3.05) is 26.2 Å². The lowest BCUT2D eigenvalue weighted by Crippen LogP contribution is -2.48. The van der Waals surface area contributed by atoms with Gasteiger partial charge in [0.05, 0.1) is 10.4 Å². The molecule has 1 amide bonds. The van der Waals surface area contributed by atoms with E-state index in [1.165, 1.54) is 17.0 Å². The third-order valence-corrected chi connectivity index (χ3v) is 5.44. The molecular weight excluding hydrogens is 354 g/mol. The number of carbonyl (C=O) groups is 1. The van der Waals surface area contributed by atoms with E-state index in [0.717, 1.165) is 19.6 Å². The van der Waals surface area contributed by atoms with Crippen LogP contribution in [0.2, 0.25) is 0 Å². The van der Waals surface area contributed by atoms with E-state index in [-0.39, 0.29) is 17.3 Å². The van der Waals surface area contributed by atoms with Crippen molar-refractivity contribution in [3.63, 3.8) is 0 Å². The number of hydrogen-bond donors (Lipinski definition) is 1. The topological polar surface area (TPSA) is 95.4 Å². The molecule has 1 fully saturated rings. The lowest BCUT2D eigenvalue weighted by atomic mass is 10.1. The van der Waals surface area contributed by atoms with Crippen molar-refractivity contribution in [1.82, 2.24) is 20.0 Å². The number of aromatic amines is 1. The summed E-state index contributed by atoms with van der Waals surface area (Å²) in [7, 11) is 0. The van der Waals surface area contributed by atoms with Gasteiger partial charge in [-0.05, 0) is 17.5 Å². The fourth-order valence-corrected chi connectivity index (χ4v) is 3.91. The lowest BCUT2D eigenvalue weighted by molar-refractivity contribution is -0.384. The largest absolute Gasteiger partial charge is 0.335 e. The molecule has 4 rings (SSSR count). The minimum atomic E-state index is -0.468. The Hall–Kier alpha value is -2.78. The van der Waals surface area contributed by atoms with Crippen molar-refractivity contribution in [3.8, 4) is 0 Å². The number of nitrogens with one attached hydrogen (secondary N) is 1. The zero-order valence-electron chi connectivity index (χ0n) is 13.9. The second-order valence-corrected chi connectivity index (χ2v) is 7.24. The van der Waals surface area contributed by atoms with Crippen LogP contribution >= 0.6 is 11.3 Å². The van der Waals surface area contributed by atoms with Crippen molar-refractivity contribution in [1.29, 1.82) is 0 Å². The van der Waals surface area contributed by atoms with Gasteiger partial charge in [0, 0.05) is 55.1 Å². The minimum Gasteiger partial charge on any atom is -0.335 e. The number of aromatic nitrogens is 2. The molecule has 2 aromatic heterocycles. The van der Waals surface area contributed by atoms with Crippen LogP contribution < -0.4 is 0 Å². The minimum absolute atomic E-state index is 0.0475. The summed E-state index contributed by atoms with van der Waals surface area (Å²) in [5.74, 6) is -0.187. The number of hydrogen-bond acceptors (Lipinski definition) is 6. The Labute approximate surface area is 153 Å². The maximum absolute atomic E-state index is 12.8. The van der Waals surface area contributed by atoms with E-state index in [1.54, 1.807) is 22.3 Å². The third-order valence-electron chi connectivity index (χ3n) is 4.58. The van der Waals surface area contributed by atoms with Crippen LogP contribution in [-0.4, -0.2) is 57.0 Å². The third kappa shape index (κ3) is 3.18. The molecule has 134 valence electrons. The van der Waals surface area contributed by atoms with Gasteiger partial charge in [-0.15, -0.1) is 11.3 Å². The van der Waals surface area contributed by atoms with Gasteiger partial charge in [-0.1, -0.05) is 6.07 Å². The number of nitro groups is 1. The molecule has 3 aromatic rings. The number of H-pyrrole nitrogens is 1. The summed E-state index contributed by atoms with van der Waals surface area (Å²) in [5, 5.41) is 20.4. The molecule has 0 unspecified atom stereocenters. The van der Waals surface area contributed by atoms with Crippen LogP contribution in [0.15, 0.2) is 35.7 Å². The molecule has 0 atom stereocenters. The average molecular weight is 371 g/mol. The number of benzene rings is 1. The number of piperazine rings is 1. The Morgan fingerprint density at radius 3 is 2.77 bits per heavy atom. The molecule has 0 spiro atoms. The van der Waals surface area contributed by atoms with Crippen molar-refractivity contribution in [2.45, 2.75) is 6.54 Å². The number of nitro benzene ring substituents is 1. The van der Waals surface area contributed by atoms with E-state index in [1.807, 2.05) is 6.07 Å². The predicted molar refractivity (Wildman–Crippen MR) is 98.2 cm³/mol. The van der Waals surface area contributed by atoms with E-state index in [9.17, 15) is 14.9 Å². The molecule has 9 heteroatoms. The quantitative estimate of drug-likeness (QED) is 0.561. The van der Waals surface area contributed by atoms with E-state index in [0.29, 0.717) is 24.0 Å². The molecule has 1 aliphatic heterocycles. The van der Waals surface area contributed by atoms with Gasteiger partial charge in [0.25, 0.3) is 11.6 Å². The summed E-state index contributed by atoms with van der Waals surface area (Å²) in [4.78, 5) is 28.8. The van der Waals surface area contributed by atoms with Crippen molar-refractivity contribution >= 4 is 33.8 Å². The molecular formula is C17H17N5O3S. The van der Waals surface area contributed by atoms with E-state index >= 15 is 0 Å². The normalized spacial score (nSPS) is 15.5. The standard InChI is InChI=1S/C17H17N5O3S/c23-17(16-14-10-12(22(24)25)3-4-15(14)18-19-16)21-7-5-20(6-8-21)11-13-2-1-9-26-13/h1-4,9-10H,5-8,11H2,(H,18,19). The van der Waals surface area contributed by atoms with Gasteiger partial charge < -0.3 is 4.90 Å². The summed E-state index contributed by atoms with van der Waals surface area (Å²) in [6.45, 7) is 3.73. The maximum Gasteiger partial charge on any atom is 0.275 e. The molecule has 0 saturated carbocycles. The molecule has 1 aliphatic rings.